The Morgan fingerprint density at radius 1 is 1.23 bits per heavy atom. The van der Waals surface area contributed by atoms with Crippen molar-refractivity contribution < 1.29 is 24.5 Å². The summed E-state index contributed by atoms with van der Waals surface area (Å²) in [5.41, 5.74) is -0.612. The van der Waals surface area contributed by atoms with Gasteiger partial charge >= 0.3 is 6.03 Å². The van der Waals surface area contributed by atoms with Crippen LogP contribution in [0.3, 0.4) is 0 Å². The molecule has 2 saturated heterocycles. The first-order chi connectivity index (χ1) is 14.9. The molecule has 2 aromatic rings. The molecule has 0 bridgehead atoms. The van der Waals surface area contributed by atoms with Crippen LogP contribution in [0.5, 0.6) is 5.75 Å². The van der Waals surface area contributed by atoms with E-state index in [2.05, 4.69) is 22.8 Å². The molecular weight excluding hydrogens is 398 g/mol. The monoisotopic (exact) mass is 429 g/mol. The van der Waals surface area contributed by atoms with Crippen LogP contribution in [0.4, 0.5) is 4.79 Å². The summed E-state index contributed by atoms with van der Waals surface area (Å²) in [5.74, 6) is 0.108. The van der Waals surface area contributed by atoms with Crippen molar-refractivity contribution in [3.63, 3.8) is 0 Å². The van der Waals surface area contributed by atoms with Gasteiger partial charge in [-0.1, -0.05) is 36.4 Å². The van der Waals surface area contributed by atoms with E-state index in [4.69, 9.17) is 14.6 Å². The number of hydrogen-bond donors (Lipinski definition) is 4. The van der Waals surface area contributed by atoms with E-state index >= 15 is 0 Å². The van der Waals surface area contributed by atoms with Gasteiger partial charge in [0.25, 0.3) is 5.97 Å². The van der Waals surface area contributed by atoms with Gasteiger partial charge in [-0.25, -0.2) is 4.79 Å². The summed E-state index contributed by atoms with van der Waals surface area (Å²) in [4.78, 5) is 23.3. The fourth-order valence-corrected chi connectivity index (χ4v) is 4.16. The molecule has 0 unspecified atom stereocenters. The molecule has 4 rings (SSSR count). The van der Waals surface area contributed by atoms with Gasteiger partial charge < -0.3 is 30.5 Å². The van der Waals surface area contributed by atoms with Crippen LogP contribution in [0.2, 0.25) is 0 Å². The summed E-state index contributed by atoms with van der Waals surface area (Å²) in [6, 6.07) is 14.0. The first-order valence-electron chi connectivity index (χ1n) is 10.6. The third kappa shape index (κ3) is 6.08. The van der Waals surface area contributed by atoms with Gasteiger partial charge in [-0.3, -0.25) is 4.79 Å². The molecule has 2 atom stereocenters. The lowest BCUT2D eigenvalue weighted by molar-refractivity contribution is -0.134. The van der Waals surface area contributed by atoms with Gasteiger partial charge in [0.05, 0.1) is 12.1 Å². The van der Waals surface area contributed by atoms with Gasteiger partial charge in [-0.2, -0.15) is 0 Å². The highest BCUT2D eigenvalue weighted by atomic mass is 16.5. The van der Waals surface area contributed by atoms with Crippen LogP contribution in [0.25, 0.3) is 10.8 Å². The summed E-state index contributed by atoms with van der Waals surface area (Å²) in [5, 5.41) is 26.6. The fraction of sp³-hybridized carbons (Fsp3) is 0.478. The quantitative estimate of drug-likeness (QED) is 0.554. The lowest BCUT2D eigenvalue weighted by Gasteiger charge is -2.47. The highest BCUT2D eigenvalue weighted by Gasteiger charge is 2.43. The summed E-state index contributed by atoms with van der Waals surface area (Å²) in [6.45, 7) is 4.77. The first kappa shape index (κ1) is 22.8. The van der Waals surface area contributed by atoms with Crippen molar-refractivity contribution in [1.82, 2.24) is 15.5 Å². The lowest BCUT2D eigenvalue weighted by Crippen LogP contribution is -2.61. The van der Waals surface area contributed by atoms with Crippen molar-refractivity contribution in [3.8, 4) is 5.75 Å². The van der Waals surface area contributed by atoms with E-state index in [0.717, 1.165) is 43.0 Å². The Labute approximate surface area is 182 Å². The number of benzene rings is 2. The minimum atomic E-state index is -0.833. The van der Waals surface area contributed by atoms with Gasteiger partial charge in [0, 0.05) is 37.9 Å². The van der Waals surface area contributed by atoms with Crippen molar-refractivity contribution in [2.45, 2.75) is 25.4 Å². The lowest BCUT2D eigenvalue weighted by atomic mass is 9.76. The molecule has 2 aliphatic rings. The summed E-state index contributed by atoms with van der Waals surface area (Å²) in [6.07, 6.45) is 1.42. The number of urea groups is 1. The van der Waals surface area contributed by atoms with E-state index in [0.29, 0.717) is 32.7 Å². The third-order valence-electron chi connectivity index (χ3n) is 5.81. The Bertz CT molecular complexity index is 896. The predicted molar refractivity (Wildman–Crippen MR) is 118 cm³/mol. The molecule has 168 valence electrons. The second-order valence-electron chi connectivity index (χ2n) is 8.03. The smallest absolute Gasteiger partial charge is 0.317 e. The second kappa shape index (κ2) is 10.5. The molecule has 31 heavy (non-hydrogen) atoms. The maximum Gasteiger partial charge on any atom is 0.317 e. The van der Waals surface area contributed by atoms with E-state index in [1.54, 1.807) is 0 Å². The Kier molecular flexibility index (Phi) is 7.70. The maximum atomic E-state index is 12.5. The molecule has 4 N–H and O–H groups in total. The molecule has 0 saturated carbocycles. The van der Waals surface area contributed by atoms with Gasteiger partial charge in [0.1, 0.15) is 12.4 Å². The molecule has 8 heteroatoms. The van der Waals surface area contributed by atoms with Crippen molar-refractivity contribution in [2.75, 3.05) is 39.3 Å². The number of amides is 2. The third-order valence-corrected chi connectivity index (χ3v) is 5.81. The molecule has 2 aromatic carbocycles. The average molecular weight is 430 g/mol. The standard InChI is InChI=1S/C21H27N3O3.C2H4O2/c25-20(24-12-9-21(26)8-10-22-14-17(21)15-24)23-11-13-27-19-7-3-5-16-4-1-2-6-18(16)19;1-2(3)4/h1-7,17,22,26H,8-15H2,(H,23,25);1H3,(H,3,4)/t17-,21-;/m0./s1. The number of aliphatic carboxylic acids is 1. The van der Waals surface area contributed by atoms with Crippen LogP contribution in [0, 0.1) is 5.92 Å². The molecule has 0 aromatic heterocycles. The van der Waals surface area contributed by atoms with Crippen molar-refractivity contribution in [3.05, 3.63) is 42.5 Å². The van der Waals surface area contributed by atoms with E-state index in [-0.39, 0.29) is 11.9 Å². The Morgan fingerprint density at radius 2 is 1.97 bits per heavy atom. The molecule has 0 aliphatic carbocycles. The number of likely N-dealkylation sites (tertiary alicyclic amines) is 1. The summed E-state index contributed by atoms with van der Waals surface area (Å²) >= 11 is 0. The maximum absolute atomic E-state index is 12.5. The molecule has 0 spiro atoms. The number of carboxylic acids is 1. The zero-order chi connectivity index (χ0) is 22.3. The van der Waals surface area contributed by atoms with Crippen LogP contribution >= 0.6 is 0 Å². The highest BCUT2D eigenvalue weighted by molar-refractivity contribution is 5.88. The van der Waals surface area contributed by atoms with Crippen LogP contribution in [-0.2, 0) is 4.79 Å². The van der Waals surface area contributed by atoms with Gasteiger partial charge in [-0.15, -0.1) is 0 Å². The SMILES string of the molecule is CC(=O)O.O=C(NCCOc1cccc2ccccc12)N1CC[C@@]2(O)CCNC[C@H]2C1. The van der Waals surface area contributed by atoms with E-state index in [1.807, 2.05) is 35.2 Å². The summed E-state index contributed by atoms with van der Waals surface area (Å²) < 4.78 is 5.88. The normalized spacial score (nSPS) is 22.6. The molecule has 2 fully saturated rings. The molecule has 2 heterocycles. The number of fused-ring (bicyclic) bond motifs is 2. The van der Waals surface area contributed by atoms with Crippen LogP contribution in [0.1, 0.15) is 19.8 Å². The van der Waals surface area contributed by atoms with Gasteiger partial charge in [0.2, 0.25) is 0 Å². The molecular formula is C23H31N3O5. The van der Waals surface area contributed by atoms with E-state index in [9.17, 15) is 9.90 Å². The van der Waals surface area contributed by atoms with Crippen molar-refractivity contribution in [2.24, 2.45) is 5.92 Å². The van der Waals surface area contributed by atoms with E-state index < -0.39 is 11.6 Å². The van der Waals surface area contributed by atoms with Crippen LogP contribution < -0.4 is 15.4 Å². The number of aliphatic hydroxyl groups is 1. The minimum absolute atomic E-state index is 0.0795. The molecule has 2 aliphatic heterocycles. The predicted octanol–water partition coefficient (Wildman–Crippen LogP) is 2.07. The minimum Gasteiger partial charge on any atom is -0.491 e. The number of rotatable bonds is 4. The van der Waals surface area contributed by atoms with Crippen LogP contribution in [0.15, 0.2) is 42.5 Å². The number of carbonyl (C=O) groups is 2. The Balaban J connectivity index is 0.000000628. The Hall–Kier alpha value is -2.84. The summed E-state index contributed by atoms with van der Waals surface area (Å²) in [7, 11) is 0. The Morgan fingerprint density at radius 3 is 2.77 bits per heavy atom. The number of nitrogens with one attached hydrogen (secondary N) is 2. The second-order valence-corrected chi connectivity index (χ2v) is 8.03. The zero-order valence-electron chi connectivity index (χ0n) is 17.8. The van der Waals surface area contributed by atoms with E-state index in [1.165, 1.54) is 0 Å². The first-order valence-corrected chi connectivity index (χ1v) is 10.6. The topological polar surface area (TPSA) is 111 Å². The number of carboxylic acid groups (broad SMARTS) is 1. The van der Waals surface area contributed by atoms with Gasteiger partial charge in [0.15, 0.2) is 0 Å². The molecule has 8 nitrogen and oxygen atoms in total. The fourth-order valence-electron chi connectivity index (χ4n) is 4.16. The number of nitrogens with zero attached hydrogens (tertiary/aromatic N) is 1. The number of hydrogen-bond acceptors (Lipinski definition) is 5. The van der Waals surface area contributed by atoms with Gasteiger partial charge in [-0.05, 0) is 30.8 Å². The largest absolute Gasteiger partial charge is 0.491 e. The molecule has 0 radical (unpaired) electrons. The highest BCUT2D eigenvalue weighted by Crippen LogP contribution is 2.32. The number of piperidine rings is 2. The molecule has 2 amide bonds. The van der Waals surface area contributed by atoms with Crippen molar-refractivity contribution in [1.29, 1.82) is 0 Å². The van der Waals surface area contributed by atoms with Crippen molar-refractivity contribution >= 4 is 22.8 Å². The van der Waals surface area contributed by atoms with Crippen LogP contribution in [-0.4, -0.2) is 72.0 Å². The number of carbonyl (C=O) groups excluding carboxylic acids is 1. The zero-order valence-corrected chi connectivity index (χ0v) is 17.8. The average Bonchev–Trinajstić information content (AvgIpc) is 2.75. The number of ether oxygens (including phenoxy) is 1.